The molecule has 0 spiro atoms. The second kappa shape index (κ2) is 5.75. The van der Waals surface area contributed by atoms with Crippen LogP contribution in [0.15, 0.2) is 28.7 Å². The van der Waals surface area contributed by atoms with Crippen LogP contribution in [0.4, 0.5) is 4.39 Å². The van der Waals surface area contributed by atoms with Gasteiger partial charge < -0.3 is 19.2 Å². The van der Waals surface area contributed by atoms with Crippen molar-refractivity contribution >= 4 is 11.0 Å². The van der Waals surface area contributed by atoms with E-state index in [0.29, 0.717) is 18.8 Å². The first-order valence-electron chi connectivity index (χ1n) is 7.18. The largest absolute Gasteiger partial charge is 0.459 e. The molecule has 1 N–H and O–H groups in total. The van der Waals surface area contributed by atoms with Crippen molar-refractivity contribution in [3.63, 3.8) is 0 Å². The van der Waals surface area contributed by atoms with Gasteiger partial charge in [0.05, 0.1) is 11.6 Å². The SMILES string of the molecule is CNC(c1cc2cc(F)ccc2o1)C1(OC)CCOCC1. The molecule has 4 nitrogen and oxygen atoms in total. The Morgan fingerprint density at radius 1 is 1.29 bits per heavy atom. The van der Waals surface area contributed by atoms with Gasteiger partial charge in [-0.1, -0.05) is 0 Å². The molecule has 0 aliphatic carbocycles. The molecular weight excluding hydrogens is 273 g/mol. The maximum Gasteiger partial charge on any atom is 0.134 e. The van der Waals surface area contributed by atoms with Crippen LogP contribution in [0.2, 0.25) is 0 Å². The van der Waals surface area contributed by atoms with Crippen LogP contribution in [0.3, 0.4) is 0 Å². The molecule has 2 heterocycles. The third kappa shape index (κ3) is 2.57. The van der Waals surface area contributed by atoms with E-state index in [9.17, 15) is 4.39 Å². The highest BCUT2D eigenvalue weighted by Crippen LogP contribution is 2.39. The highest BCUT2D eigenvalue weighted by molar-refractivity contribution is 5.78. The molecule has 1 aliphatic rings. The zero-order valence-corrected chi connectivity index (χ0v) is 12.3. The minimum Gasteiger partial charge on any atom is -0.459 e. The summed E-state index contributed by atoms with van der Waals surface area (Å²) in [6, 6.07) is 6.34. The summed E-state index contributed by atoms with van der Waals surface area (Å²) in [5, 5.41) is 4.05. The zero-order valence-electron chi connectivity index (χ0n) is 12.3. The molecule has 2 aromatic rings. The monoisotopic (exact) mass is 293 g/mol. The molecule has 3 rings (SSSR count). The number of furan rings is 1. The molecule has 1 saturated heterocycles. The minimum absolute atomic E-state index is 0.0955. The lowest BCUT2D eigenvalue weighted by Gasteiger charge is -2.41. The summed E-state index contributed by atoms with van der Waals surface area (Å²) >= 11 is 0. The van der Waals surface area contributed by atoms with Crippen molar-refractivity contribution < 1.29 is 18.3 Å². The maximum absolute atomic E-state index is 13.3. The Balaban J connectivity index is 2.00. The van der Waals surface area contributed by atoms with Gasteiger partial charge in [0.15, 0.2) is 0 Å². The Morgan fingerprint density at radius 3 is 2.71 bits per heavy atom. The van der Waals surface area contributed by atoms with Gasteiger partial charge in [0, 0.05) is 38.6 Å². The number of methoxy groups -OCH3 is 1. The number of nitrogens with one attached hydrogen (secondary N) is 1. The third-order valence-corrected chi connectivity index (χ3v) is 4.34. The molecule has 0 bridgehead atoms. The Kier molecular flexibility index (Phi) is 3.97. The molecular formula is C16H20FNO3. The molecule has 5 heteroatoms. The molecule has 1 aromatic carbocycles. The highest BCUT2D eigenvalue weighted by Gasteiger charge is 2.42. The predicted octanol–water partition coefficient (Wildman–Crippen LogP) is 3.03. The van der Waals surface area contributed by atoms with Crippen molar-refractivity contribution in [2.75, 3.05) is 27.4 Å². The Bertz CT molecular complexity index is 619. The van der Waals surface area contributed by atoms with Gasteiger partial charge in [-0.3, -0.25) is 0 Å². The summed E-state index contributed by atoms with van der Waals surface area (Å²) in [7, 11) is 3.60. The Morgan fingerprint density at radius 2 is 2.05 bits per heavy atom. The average Bonchev–Trinajstić information content (AvgIpc) is 2.91. The normalized spacial score (nSPS) is 19.8. The van der Waals surface area contributed by atoms with Crippen molar-refractivity contribution in [1.82, 2.24) is 5.32 Å². The van der Waals surface area contributed by atoms with Gasteiger partial charge in [0.25, 0.3) is 0 Å². The number of fused-ring (bicyclic) bond motifs is 1. The van der Waals surface area contributed by atoms with Crippen molar-refractivity contribution in [1.29, 1.82) is 0 Å². The van der Waals surface area contributed by atoms with Crippen LogP contribution in [0, 0.1) is 5.82 Å². The van der Waals surface area contributed by atoms with Crippen LogP contribution < -0.4 is 5.32 Å². The fourth-order valence-electron chi connectivity index (χ4n) is 3.17. The fraction of sp³-hybridized carbons (Fsp3) is 0.500. The Hall–Kier alpha value is -1.43. The molecule has 0 radical (unpaired) electrons. The van der Waals surface area contributed by atoms with Crippen LogP contribution in [-0.4, -0.2) is 33.0 Å². The molecule has 1 aliphatic heterocycles. The van der Waals surface area contributed by atoms with Gasteiger partial charge in [0.1, 0.15) is 17.2 Å². The number of hydrogen-bond donors (Lipinski definition) is 1. The summed E-state index contributed by atoms with van der Waals surface area (Å²) < 4.78 is 30.5. The zero-order chi connectivity index (χ0) is 14.9. The van der Waals surface area contributed by atoms with Gasteiger partial charge in [-0.2, -0.15) is 0 Å². The first-order chi connectivity index (χ1) is 10.2. The van der Waals surface area contributed by atoms with E-state index < -0.39 is 0 Å². The molecule has 1 atom stereocenters. The van der Waals surface area contributed by atoms with Gasteiger partial charge in [-0.05, 0) is 31.3 Å². The lowest BCUT2D eigenvalue weighted by molar-refractivity contribution is -0.113. The van der Waals surface area contributed by atoms with Gasteiger partial charge in [-0.15, -0.1) is 0 Å². The second-order valence-corrected chi connectivity index (χ2v) is 5.43. The summed E-state index contributed by atoms with van der Waals surface area (Å²) in [6.45, 7) is 1.34. The number of rotatable bonds is 4. The summed E-state index contributed by atoms with van der Waals surface area (Å²) in [6.07, 6.45) is 1.58. The topological polar surface area (TPSA) is 43.6 Å². The second-order valence-electron chi connectivity index (χ2n) is 5.43. The van der Waals surface area contributed by atoms with Gasteiger partial charge in [-0.25, -0.2) is 4.39 Å². The van der Waals surface area contributed by atoms with E-state index in [2.05, 4.69) is 5.32 Å². The number of hydrogen-bond acceptors (Lipinski definition) is 4. The number of likely N-dealkylation sites (N-methyl/N-ethyl adjacent to an activating group) is 1. The van der Waals surface area contributed by atoms with Gasteiger partial charge in [0.2, 0.25) is 0 Å². The Labute approximate surface area is 123 Å². The van der Waals surface area contributed by atoms with E-state index >= 15 is 0 Å². The van der Waals surface area contributed by atoms with E-state index in [-0.39, 0.29) is 17.5 Å². The van der Waals surface area contributed by atoms with Crippen molar-refractivity contribution in [3.05, 3.63) is 35.8 Å². The summed E-state index contributed by atoms with van der Waals surface area (Å²) in [5.41, 5.74) is 0.323. The quantitative estimate of drug-likeness (QED) is 0.941. The fourth-order valence-corrected chi connectivity index (χ4v) is 3.17. The summed E-state index contributed by atoms with van der Waals surface area (Å²) in [5.74, 6) is 0.505. The van der Waals surface area contributed by atoms with Crippen molar-refractivity contribution in [3.8, 4) is 0 Å². The molecule has 0 amide bonds. The van der Waals surface area contributed by atoms with Gasteiger partial charge >= 0.3 is 0 Å². The number of halogens is 1. The molecule has 1 fully saturated rings. The third-order valence-electron chi connectivity index (χ3n) is 4.34. The lowest BCUT2D eigenvalue weighted by atomic mass is 9.84. The first kappa shape index (κ1) is 14.5. The van der Waals surface area contributed by atoms with Crippen molar-refractivity contribution in [2.45, 2.75) is 24.5 Å². The first-order valence-corrected chi connectivity index (χ1v) is 7.18. The number of benzene rings is 1. The van der Waals surface area contributed by atoms with Crippen LogP contribution >= 0.6 is 0 Å². The standard InChI is InChI=1S/C16H20FNO3/c1-18-15(16(19-2)5-7-20-8-6-16)14-10-11-9-12(17)3-4-13(11)21-14/h3-4,9-10,15,18H,5-8H2,1-2H3. The molecule has 1 aromatic heterocycles. The van der Waals surface area contributed by atoms with Crippen LogP contribution in [0.25, 0.3) is 11.0 Å². The van der Waals surface area contributed by atoms with E-state index in [1.807, 2.05) is 13.1 Å². The van der Waals surface area contributed by atoms with E-state index in [1.54, 1.807) is 13.2 Å². The smallest absolute Gasteiger partial charge is 0.134 e. The predicted molar refractivity (Wildman–Crippen MR) is 77.8 cm³/mol. The molecule has 21 heavy (non-hydrogen) atoms. The lowest BCUT2D eigenvalue weighted by Crippen LogP contribution is -2.48. The van der Waals surface area contributed by atoms with E-state index in [0.717, 1.165) is 24.0 Å². The molecule has 1 unspecified atom stereocenters. The highest BCUT2D eigenvalue weighted by atomic mass is 19.1. The van der Waals surface area contributed by atoms with Crippen LogP contribution in [0.1, 0.15) is 24.6 Å². The van der Waals surface area contributed by atoms with Crippen LogP contribution in [-0.2, 0) is 9.47 Å². The number of ether oxygens (including phenoxy) is 2. The average molecular weight is 293 g/mol. The maximum atomic E-state index is 13.3. The summed E-state index contributed by atoms with van der Waals surface area (Å²) in [4.78, 5) is 0. The molecule has 0 saturated carbocycles. The minimum atomic E-state index is -0.362. The van der Waals surface area contributed by atoms with E-state index in [1.165, 1.54) is 12.1 Å². The van der Waals surface area contributed by atoms with E-state index in [4.69, 9.17) is 13.9 Å². The van der Waals surface area contributed by atoms with Crippen LogP contribution in [0.5, 0.6) is 0 Å². The molecule has 114 valence electrons. The van der Waals surface area contributed by atoms with Crippen molar-refractivity contribution in [2.24, 2.45) is 0 Å².